The monoisotopic (exact) mass is 557 g/mol. The van der Waals surface area contributed by atoms with Crippen LogP contribution in [0.15, 0.2) is 48.5 Å². The summed E-state index contributed by atoms with van der Waals surface area (Å²) in [7, 11) is -3.53. The first-order valence-corrected chi connectivity index (χ1v) is 15.5. The smallest absolute Gasteiger partial charge is 0.320 e. The molecule has 2 aromatic rings. The van der Waals surface area contributed by atoms with Crippen LogP contribution in [0, 0.1) is 18.8 Å². The lowest BCUT2D eigenvalue weighted by atomic mass is 9.73. The predicted molar refractivity (Wildman–Crippen MR) is 150 cm³/mol. The predicted octanol–water partition coefficient (Wildman–Crippen LogP) is 3.03. The molecule has 212 valence electrons. The Hall–Kier alpha value is -2.95. The summed E-state index contributed by atoms with van der Waals surface area (Å²) in [6, 6.07) is 13.0. The summed E-state index contributed by atoms with van der Waals surface area (Å²) < 4.78 is 26.0. The fourth-order valence-corrected chi connectivity index (χ4v) is 6.74. The third-order valence-corrected chi connectivity index (χ3v) is 8.75. The van der Waals surface area contributed by atoms with Crippen LogP contribution in [0.1, 0.15) is 53.6 Å². The highest BCUT2D eigenvalue weighted by Crippen LogP contribution is 2.38. The molecule has 0 radical (unpaired) electrons. The number of benzene rings is 2. The van der Waals surface area contributed by atoms with E-state index in [4.69, 9.17) is 0 Å². The van der Waals surface area contributed by atoms with E-state index in [1.54, 1.807) is 25.1 Å². The number of rotatable bonds is 10. The lowest BCUT2D eigenvalue weighted by Gasteiger charge is -2.45. The van der Waals surface area contributed by atoms with Crippen LogP contribution in [-0.4, -0.2) is 72.9 Å². The number of nitrogens with zero attached hydrogens (tertiary/aromatic N) is 1. The second-order valence-corrected chi connectivity index (χ2v) is 12.8. The minimum Gasteiger partial charge on any atom is -0.480 e. The van der Waals surface area contributed by atoms with Gasteiger partial charge < -0.3 is 15.5 Å². The van der Waals surface area contributed by atoms with Gasteiger partial charge in [0.1, 0.15) is 6.04 Å². The van der Waals surface area contributed by atoms with Gasteiger partial charge in [-0.1, -0.05) is 55.7 Å². The molecule has 0 unspecified atom stereocenters. The second-order valence-electron chi connectivity index (χ2n) is 11.0. The zero-order valence-corrected chi connectivity index (χ0v) is 23.4. The molecule has 1 amide bonds. The molecule has 0 aromatic heterocycles. The van der Waals surface area contributed by atoms with Crippen molar-refractivity contribution in [3.63, 3.8) is 0 Å². The number of nitrogens with one attached hydrogen (secondary N) is 2. The summed E-state index contributed by atoms with van der Waals surface area (Å²) in [4.78, 5) is 27.5. The Morgan fingerprint density at radius 3 is 2.41 bits per heavy atom. The molecule has 1 heterocycles. The first kappa shape index (κ1) is 29.0. The molecule has 2 aromatic carbocycles. The Bertz CT molecular complexity index is 1270. The maximum atomic E-state index is 13.4. The zero-order chi connectivity index (χ0) is 28.2. The molecule has 0 bridgehead atoms. The molecule has 2 aliphatic rings. The van der Waals surface area contributed by atoms with Gasteiger partial charge in [0.25, 0.3) is 5.91 Å². The van der Waals surface area contributed by atoms with Crippen molar-refractivity contribution in [1.29, 1.82) is 0 Å². The van der Waals surface area contributed by atoms with E-state index in [1.165, 1.54) is 0 Å². The van der Waals surface area contributed by atoms with Crippen LogP contribution in [0.25, 0.3) is 0 Å². The van der Waals surface area contributed by atoms with E-state index < -0.39 is 40.1 Å². The van der Waals surface area contributed by atoms with E-state index in [-0.39, 0.29) is 6.54 Å². The number of sulfonamides is 1. The van der Waals surface area contributed by atoms with Gasteiger partial charge in [0.2, 0.25) is 10.0 Å². The summed E-state index contributed by atoms with van der Waals surface area (Å²) >= 11 is 0. The lowest BCUT2D eigenvalue weighted by Crippen LogP contribution is -2.57. The average molecular weight is 558 g/mol. The Morgan fingerprint density at radius 2 is 1.74 bits per heavy atom. The summed E-state index contributed by atoms with van der Waals surface area (Å²) in [5.74, 6) is -0.480. The number of aliphatic hydroxyl groups is 1. The largest absolute Gasteiger partial charge is 0.480 e. The molecule has 1 aliphatic heterocycles. The van der Waals surface area contributed by atoms with E-state index in [0.717, 1.165) is 37.5 Å². The maximum Gasteiger partial charge on any atom is 0.320 e. The van der Waals surface area contributed by atoms with Crippen LogP contribution < -0.4 is 10.0 Å². The van der Waals surface area contributed by atoms with Crippen molar-refractivity contribution < 1.29 is 28.2 Å². The van der Waals surface area contributed by atoms with E-state index in [1.807, 2.05) is 35.2 Å². The van der Waals surface area contributed by atoms with Crippen molar-refractivity contribution >= 4 is 27.6 Å². The van der Waals surface area contributed by atoms with E-state index >= 15 is 0 Å². The summed E-state index contributed by atoms with van der Waals surface area (Å²) in [5.41, 5.74) is 2.00. The van der Waals surface area contributed by atoms with Crippen molar-refractivity contribution in [1.82, 2.24) is 10.2 Å². The number of carboxylic acids is 1. The van der Waals surface area contributed by atoms with Crippen LogP contribution in [0.5, 0.6) is 0 Å². The molecule has 1 aliphatic carbocycles. The molecule has 0 spiro atoms. The van der Waals surface area contributed by atoms with Gasteiger partial charge in [-0.05, 0) is 61.3 Å². The van der Waals surface area contributed by atoms with Crippen LogP contribution in [0.4, 0.5) is 5.69 Å². The number of hydrogen-bond donors (Lipinski definition) is 4. The Kier molecular flexibility index (Phi) is 9.30. The van der Waals surface area contributed by atoms with Gasteiger partial charge in [0.05, 0.1) is 24.1 Å². The lowest BCUT2D eigenvalue weighted by molar-refractivity contribution is -0.148. The Labute approximate surface area is 230 Å². The van der Waals surface area contributed by atoms with Gasteiger partial charge in [0, 0.05) is 18.7 Å². The fourth-order valence-electron chi connectivity index (χ4n) is 6.12. The molecular weight excluding hydrogens is 518 g/mol. The highest BCUT2D eigenvalue weighted by Gasteiger charge is 2.41. The summed E-state index contributed by atoms with van der Waals surface area (Å²) in [6.07, 6.45) is 5.39. The minimum absolute atomic E-state index is 0.132. The number of amides is 1. The molecule has 4 N–H and O–H groups in total. The van der Waals surface area contributed by atoms with Crippen molar-refractivity contribution in [2.45, 2.75) is 63.6 Å². The van der Waals surface area contributed by atoms with E-state index in [2.05, 4.69) is 10.0 Å². The molecule has 10 heteroatoms. The van der Waals surface area contributed by atoms with Gasteiger partial charge in [0.15, 0.2) is 0 Å². The standard InChI is InChI=1S/C29H39N3O6S/c1-19-23(13-8-14-24(19)31-39(2,37)38)28(34)30-25(15-20-9-4-3-5-10-20)27(33)18-32-17-22-12-7-6-11-21(22)16-26(32)29(35)36/h3-5,8-10,13-14,21-22,25-27,31,33H,6-7,11-12,15-18H2,1-2H3,(H,30,34)(H,35,36)/t21-,22+,25-,26-,27-/m0/s1. The molecular formula is C29H39N3O6S. The number of carbonyl (C=O) groups excluding carboxylic acids is 1. The molecule has 4 rings (SSSR count). The highest BCUT2D eigenvalue weighted by atomic mass is 32.2. The van der Waals surface area contributed by atoms with Crippen molar-refractivity contribution in [3.05, 3.63) is 65.2 Å². The SMILES string of the molecule is Cc1c(NS(C)(=O)=O)cccc1C(=O)N[C@@H](Cc1ccccc1)[C@@H](O)CN1C[C@H]2CCCC[C@H]2C[C@H]1C(=O)O. The first-order valence-electron chi connectivity index (χ1n) is 13.6. The van der Waals surface area contributed by atoms with Crippen LogP contribution in [-0.2, 0) is 21.2 Å². The second kappa shape index (κ2) is 12.5. The minimum atomic E-state index is -3.53. The zero-order valence-electron chi connectivity index (χ0n) is 22.5. The van der Waals surface area contributed by atoms with Crippen molar-refractivity contribution in [3.8, 4) is 0 Å². The number of aliphatic carboxylic acids is 1. The van der Waals surface area contributed by atoms with Crippen LogP contribution in [0.2, 0.25) is 0 Å². The third-order valence-electron chi connectivity index (χ3n) is 8.16. The number of carboxylic acid groups (broad SMARTS) is 1. The molecule has 1 saturated carbocycles. The van der Waals surface area contributed by atoms with Gasteiger partial charge in [-0.25, -0.2) is 8.42 Å². The third kappa shape index (κ3) is 7.58. The van der Waals surface area contributed by atoms with Crippen LogP contribution in [0.3, 0.4) is 0 Å². The normalized spacial score (nSPS) is 23.3. The van der Waals surface area contributed by atoms with Gasteiger partial charge in [-0.2, -0.15) is 0 Å². The number of carbonyl (C=O) groups is 2. The maximum absolute atomic E-state index is 13.4. The quantitative estimate of drug-likeness (QED) is 0.353. The fraction of sp³-hybridized carbons (Fsp3) is 0.517. The molecule has 2 fully saturated rings. The number of aliphatic hydroxyl groups excluding tert-OH is 1. The topological polar surface area (TPSA) is 136 Å². The Balaban J connectivity index is 1.55. The number of anilines is 1. The highest BCUT2D eigenvalue weighted by molar-refractivity contribution is 7.92. The van der Waals surface area contributed by atoms with Gasteiger partial charge in [-0.15, -0.1) is 0 Å². The van der Waals surface area contributed by atoms with Crippen molar-refractivity contribution in [2.75, 3.05) is 24.1 Å². The molecule has 39 heavy (non-hydrogen) atoms. The Morgan fingerprint density at radius 1 is 1.05 bits per heavy atom. The number of hydrogen-bond acceptors (Lipinski definition) is 6. The first-order chi connectivity index (χ1) is 18.5. The molecule has 1 saturated heterocycles. The van der Waals surface area contributed by atoms with Crippen LogP contribution >= 0.6 is 0 Å². The average Bonchev–Trinajstić information content (AvgIpc) is 2.88. The number of piperidine rings is 1. The van der Waals surface area contributed by atoms with Gasteiger partial charge in [-0.3, -0.25) is 19.2 Å². The number of likely N-dealkylation sites (tertiary alicyclic amines) is 1. The number of fused-ring (bicyclic) bond motifs is 1. The van der Waals surface area contributed by atoms with Crippen molar-refractivity contribution in [2.24, 2.45) is 11.8 Å². The van der Waals surface area contributed by atoms with E-state index in [9.17, 15) is 28.2 Å². The van der Waals surface area contributed by atoms with Gasteiger partial charge >= 0.3 is 5.97 Å². The molecule has 9 nitrogen and oxygen atoms in total. The summed E-state index contributed by atoms with van der Waals surface area (Å²) in [6.45, 7) is 2.42. The summed E-state index contributed by atoms with van der Waals surface area (Å²) in [5, 5.41) is 24.4. The van der Waals surface area contributed by atoms with E-state index in [0.29, 0.717) is 48.0 Å². The number of β-amino-alcohol motifs (C(OH)–C–C–N with tert-alkyl or cyclic N) is 1. The molecule has 5 atom stereocenters.